The maximum Gasteiger partial charge on any atom is 0.359 e. The number of ether oxygens (including phenoxy) is 1. The highest BCUT2D eigenvalue weighted by atomic mass is 16.5. The van der Waals surface area contributed by atoms with E-state index < -0.39 is 0 Å². The van der Waals surface area contributed by atoms with Crippen molar-refractivity contribution >= 4 is 5.97 Å². The van der Waals surface area contributed by atoms with Gasteiger partial charge in [-0.05, 0) is 39.2 Å². The third-order valence-corrected chi connectivity index (χ3v) is 3.57. The minimum absolute atomic E-state index is 0.205. The predicted octanol–water partition coefficient (Wildman–Crippen LogP) is 2.13. The summed E-state index contributed by atoms with van der Waals surface area (Å²) in [5.41, 5.74) is 4.36. The van der Waals surface area contributed by atoms with Crippen molar-refractivity contribution in [3.8, 4) is 11.3 Å². The molecule has 0 unspecified atom stereocenters. The van der Waals surface area contributed by atoms with Gasteiger partial charge in [0.1, 0.15) is 0 Å². The van der Waals surface area contributed by atoms with Crippen molar-refractivity contribution in [2.24, 2.45) is 0 Å². The molecule has 0 saturated carbocycles. The van der Waals surface area contributed by atoms with Gasteiger partial charge in [-0.25, -0.2) is 4.79 Å². The molecule has 0 radical (unpaired) electrons. The lowest BCUT2D eigenvalue weighted by atomic mass is 9.94. The summed E-state index contributed by atoms with van der Waals surface area (Å²) in [4.78, 5) is 12.2. The van der Waals surface area contributed by atoms with E-state index in [1.165, 1.54) is 0 Å². The number of hydrogen-bond donors (Lipinski definition) is 1. The number of carbonyl (C=O) groups excluding carboxylic acids is 1. The second-order valence-corrected chi connectivity index (χ2v) is 5.20. The summed E-state index contributed by atoms with van der Waals surface area (Å²) in [7, 11) is 0. The van der Waals surface area contributed by atoms with Crippen LogP contribution in [0.3, 0.4) is 0 Å². The van der Waals surface area contributed by atoms with Gasteiger partial charge >= 0.3 is 5.97 Å². The normalized spacial score (nSPS) is 13.2. The van der Waals surface area contributed by atoms with E-state index in [0.717, 1.165) is 35.4 Å². The van der Waals surface area contributed by atoms with E-state index in [9.17, 15) is 4.79 Å². The van der Waals surface area contributed by atoms with E-state index >= 15 is 0 Å². The zero-order chi connectivity index (χ0) is 14.3. The van der Waals surface area contributed by atoms with Crippen molar-refractivity contribution in [3.05, 3.63) is 23.1 Å². The van der Waals surface area contributed by atoms with Crippen LogP contribution < -0.4 is 0 Å². The minimum atomic E-state index is -0.370. The molecule has 0 saturated heterocycles. The Kier molecular flexibility index (Phi) is 3.08. The summed E-state index contributed by atoms with van der Waals surface area (Å²) in [6.07, 6.45) is 3.60. The lowest BCUT2D eigenvalue weighted by Gasteiger charge is -2.16. The Morgan fingerprint density at radius 3 is 3.00 bits per heavy atom. The minimum Gasteiger partial charge on any atom is -0.461 e. The molecule has 3 rings (SSSR count). The number of fused-ring (bicyclic) bond motifs is 3. The molecule has 0 spiro atoms. The monoisotopic (exact) mass is 274 g/mol. The maximum atomic E-state index is 12.2. The predicted molar refractivity (Wildman–Crippen MR) is 73.6 cm³/mol. The van der Waals surface area contributed by atoms with Gasteiger partial charge in [0.05, 0.1) is 24.1 Å². The highest BCUT2D eigenvalue weighted by Crippen LogP contribution is 2.35. The molecule has 1 aliphatic rings. The van der Waals surface area contributed by atoms with Crippen molar-refractivity contribution in [2.75, 3.05) is 6.61 Å². The van der Waals surface area contributed by atoms with Crippen molar-refractivity contribution < 1.29 is 9.53 Å². The average molecular weight is 274 g/mol. The first-order chi connectivity index (χ1) is 9.63. The lowest BCUT2D eigenvalue weighted by molar-refractivity contribution is 0.0519. The zero-order valence-electron chi connectivity index (χ0n) is 11.9. The number of nitrogens with one attached hydrogen (secondary N) is 1. The summed E-state index contributed by atoms with van der Waals surface area (Å²) in [6, 6.07) is 0.205. The summed E-state index contributed by atoms with van der Waals surface area (Å²) in [6.45, 7) is 6.26. The van der Waals surface area contributed by atoms with Crippen molar-refractivity contribution in [1.82, 2.24) is 20.0 Å². The van der Waals surface area contributed by atoms with Gasteiger partial charge < -0.3 is 4.74 Å². The van der Waals surface area contributed by atoms with Gasteiger partial charge in [0.2, 0.25) is 0 Å². The van der Waals surface area contributed by atoms with Gasteiger partial charge in [0.15, 0.2) is 5.69 Å². The molecule has 0 amide bonds. The molecule has 2 aromatic heterocycles. The van der Waals surface area contributed by atoms with E-state index in [1.807, 2.05) is 10.9 Å². The van der Waals surface area contributed by atoms with Crippen LogP contribution in [0.4, 0.5) is 0 Å². The number of nitrogens with zero attached hydrogens (tertiary/aromatic N) is 3. The highest BCUT2D eigenvalue weighted by molar-refractivity contribution is 5.96. The smallest absolute Gasteiger partial charge is 0.359 e. The number of aryl methyl sites for hydroxylation is 1. The van der Waals surface area contributed by atoms with E-state index in [2.05, 4.69) is 29.1 Å². The standard InChI is InChI=1S/C14H18N4O2/c1-4-20-14(19)13-11-10(18(17-13)8(2)3)6-5-9-7-15-16-12(9)11/h7-8H,4-6H2,1-3H3,(H,15,16). The first-order valence-corrected chi connectivity index (χ1v) is 6.94. The van der Waals surface area contributed by atoms with Crippen molar-refractivity contribution in [1.29, 1.82) is 0 Å². The fourth-order valence-corrected chi connectivity index (χ4v) is 2.71. The second-order valence-electron chi connectivity index (χ2n) is 5.20. The number of aromatic amines is 1. The molecule has 2 aromatic rings. The lowest BCUT2D eigenvalue weighted by Crippen LogP contribution is -2.11. The first-order valence-electron chi connectivity index (χ1n) is 6.94. The van der Waals surface area contributed by atoms with Crippen LogP contribution in [0, 0.1) is 0 Å². The van der Waals surface area contributed by atoms with Gasteiger partial charge in [-0.15, -0.1) is 0 Å². The Morgan fingerprint density at radius 2 is 2.30 bits per heavy atom. The molecule has 106 valence electrons. The van der Waals surface area contributed by atoms with Gasteiger partial charge in [0, 0.05) is 11.7 Å². The van der Waals surface area contributed by atoms with Gasteiger partial charge in [-0.2, -0.15) is 10.2 Å². The molecule has 1 N–H and O–H groups in total. The Labute approximate surface area is 117 Å². The van der Waals surface area contributed by atoms with Crippen LogP contribution in [0.1, 0.15) is 48.6 Å². The molecular weight excluding hydrogens is 256 g/mol. The molecular formula is C14H18N4O2. The van der Waals surface area contributed by atoms with Gasteiger partial charge in [-0.3, -0.25) is 9.78 Å². The maximum absolute atomic E-state index is 12.2. The molecule has 6 nitrogen and oxygen atoms in total. The molecule has 20 heavy (non-hydrogen) atoms. The first kappa shape index (κ1) is 12.9. The zero-order valence-corrected chi connectivity index (χ0v) is 11.9. The summed E-state index contributed by atoms with van der Waals surface area (Å²) < 4.78 is 7.05. The molecule has 1 aliphatic carbocycles. The van der Waals surface area contributed by atoms with Gasteiger partial charge in [0.25, 0.3) is 0 Å². The topological polar surface area (TPSA) is 72.8 Å². The van der Waals surface area contributed by atoms with Crippen molar-refractivity contribution in [2.45, 2.75) is 39.7 Å². The van der Waals surface area contributed by atoms with E-state index in [-0.39, 0.29) is 12.0 Å². The number of carbonyl (C=O) groups is 1. The SMILES string of the molecule is CCOC(=O)c1nn(C(C)C)c2c1-c1[nH]ncc1CC2. The van der Waals surface area contributed by atoms with E-state index in [4.69, 9.17) is 4.74 Å². The Balaban J connectivity index is 2.20. The number of H-pyrrole nitrogens is 1. The van der Waals surface area contributed by atoms with Crippen LogP contribution in [0.15, 0.2) is 6.20 Å². The summed E-state index contributed by atoms with van der Waals surface area (Å²) in [5.74, 6) is -0.370. The second kappa shape index (κ2) is 4.77. The number of esters is 1. The van der Waals surface area contributed by atoms with Crippen LogP contribution in [0.25, 0.3) is 11.3 Å². The Hall–Kier alpha value is -2.11. The van der Waals surface area contributed by atoms with Crippen LogP contribution in [-0.2, 0) is 17.6 Å². The van der Waals surface area contributed by atoms with Gasteiger partial charge in [-0.1, -0.05) is 0 Å². The molecule has 0 atom stereocenters. The molecule has 6 heteroatoms. The molecule has 0 fully saturated rings. The fourth-order valence-electron chi connectivity index (χ4n) is 2.71. The van der Waals surface area contributed by atoms with E-state index in [0.29, 0.717) is 12.3 Å². The number of rotatable bonds is 3. The van der Waals surface area contributed by atoms with Crippen LogP contribution in [-0.4, -0.2) is 32.6 Å². The summed E-state index contributed by atoms with van der Waals surface area (Å²) in [5, 5.41) is 11.6. The quantitative estimate of drug-likeness (QED) is 0.870. The van der Waals surface area contributed by atoms with Crippen LogP contribution in [0.5, 0.6) is 0 Å². The fraction of sp³-hybridized carbons (Fsp3) is 0.500. The van der Waals surface area contributed by atoms with Crippen LogP contribution in [0.2, 0.25) is 0 Å². The van der Waals surface area contributed by atoms with Crippen LogP contribution >= 0.6 is 0 Å². The summed E-state index contributed by atoms with van der Waals surface area (Å²) >= 11 is 0. The molecule has 0 aliphatic heterocycles. The average Bonchev–Trinajstić information content (AvgIpc) is 3.02. The molecule has 0 bridgehead atoms. The highest BCUT2D eigenvalue weighted by Gasteiger charge is 2.31. The Morgan fingerprint density at radius 1 is 1.50 bits per heavy atom. The Bertz CT molecular complexity index is 654. The van der Waals surface area contributed by atoms with Crippen molar-refractivity contribution in [3.63, 3.8) is 0 Å². The number of hydrogen-bond acceptors (Lipinski definition) is 4. The number of aromatic nitrogens is 4. The largest absolute Gasteiger partial charge is 0.461 e. The molecule has 0 aromatic carbocycles. The third kappa shape index (κ3) is 1.83. The third-order valence-electron chi connectivity index (χ3n) is 3.57. The van der Waals surface area contributed by atoms with E-state index in [1.54, 1.807) is 6.92 Å². The molecule has 2 heterocycles.